The van der Waals surface area contributed by atoms with Gasteiger partial charge in [-0.25, -0.2) is 0 Å². The molecule has 0 radical (unpaired) electrons. The second-order valence-electron chi connectivity index (χ2n) is 7.48. The Morgan fingerprint density at radius 1 is 0.938 bits per heavy atom. The number of rotatable bonds is 9. The molecule has 0 N–H and O–H groups in total. The van der Waals surface area contributed by atoms with Gasteiger partial charge in [-0.1, -0.05) is 0 Å². The second kappa shape index (κ2) is 10.6. The predicted octanol–water partition coefficient (Wildman–Crippen LogP) is 3.07. The maximum absolute atomic E-state index is 13.3. The standard InChI is InChI=1S/C26H25NO4Se/c1-30-23(28)17-22(32-21-15-9-4-10-16-21)27-24(20-13-7-3-8-14-20)25(26(27)29)31-18-19-11-5-2-6-12-19/h2-16,22,24-25H,17-18H2,1H3. The van der Waals surface area contributed by atoms with Crippen molar-refractivity contribution in [2.75, 3.05) is 7.11 Å². The molecule has 1 amide bonds. The Morgan fingerprint density at radius 3 is 2.16 bits per heavy atom. The Bertz CT molecular complexity index is 1030. The molecule has 1 fully saturated rings. The fraction of sp³-hybridized carbons (Fsp3) is 0.231. The Balaban J connectivity index is 1.60. The van der Waals surface area contributed by atoms with Gasteiger partial charge in [-0.3, -0.25) is 0 Å². The first-order chi connectivity index (χ1) is 15.7. The first kappa shape index (κ1) is 22.3. The molecule has 0 aromatic heterocycles. The van der Waals surface area contributed by atoms with Crippen LogP contribution in [0.25, 0.3) is 0 Å². The fourth-order valence-corrected chi connectivity index (χ4v) is 6.30. The van der Waals surface area contributed by atoms with E-state index in [0.29, 0.717) is 6.61 Å². The molecular formula is C26H25NO4Se. The van der Waals surface area contributed by atoms with Crippen LogP contribution in [0.3, 0.4) is 0 Å². The van der Waals surface area contributed by atoms with Gasteiger partial charge in [0.25, 0.3) is 0 Å². The Morgan fingerprint density at radius 2 is 1.53 bits per heavy atom. The van der Waals surface area contributed by atoms with Gasteiger partial charge >= 0.3 is 195 Å². The topological polar surface area (TPSA) is 55.8 Å². The second-order valence-corrected chi connectivity index (χ2v) is 10.1. The van der Waals surface area contributed by atoms with Gasteiger partial charge in [0.15, 0.2) is 0 Å². The van der Waals surface area contributed by atoms with Crippen LogP contribution < -0.4 is 4.46 Å². The molecule has 3 atom stereocenters. The maximum atomic E-state index is 13.3. The monoisotopic (exact) mass is 495 g/mol. The minimum absolute atomic E-state index is 0.0820. The van der Waals surface area contributed by atoms with Gasteiger partial charge in [0, 0.05) is 0 Å². The Kier molecular flexibility index (Phi) is 7.38. The van der Waals surface area contributed by atoms with Crippen LogP contribution in [0.2, 0.25) is 0 Å². The number of benzene rings is 3. The third kappa shape index (κ3) is 5.10. The van der Waals surface area contributed by atoms with Gasteiger partial charge in [-0.2, -0.15) is 0 Å². The SMILES string of the molecule is COC(=O)CC([Se]c1ccccc1)N1C(=O)C(OCc2ccccc2)C1c1ccccc1. The van der Waals surface area contributed by atoms with E-state index in [0.717, 1.165) is 15.6 Å². The molecule has 164 valence electrons. The van der Waals surface area contributed by atoms with Gasteiger partial charge in [-0.05, 0) is 0 Å². The molecule has 1 aliphatic rings. The summed E-state index contributed by atoms with van der Waals surface area (Å²) >= 11 is -0.122. The summed E-state index contributed by atoms with van der Waals surface area (Å²) in [6, 6.07) is 29.5. The van der Waals surface area contributed by atoms with Crippen molar-refractivity contribution in [2.45, 2.75) is 30.1 Å². The van der Waals surface area contributed by atoms with Crippen molar-refractivity contribution in [3.05, 3.63) is 102 Å². The zero-order valence-corrected chi connectivity index (χ0v) is 19.5. The van der Waals surface area contributed by atoms with E-state index in [1.165, 1.54) is 7.11 Å². The Labute approximate surface area is 194 Å². The summed E-state index contributed by atoms with van der Waals surface area (Å²) in [5.74, 6) is -0.400. The molecule has 1 heterocycles. The summed E-state index contributed by atoms with van der Waals surface area (Å²) in [5, 5.41) is 0. The van der Waals surface area contributed by atoms with Gasteiger partial charge in [0.1, 0.15) is 0 Å². The molecule has 3 aromatic carbocycles. The third-order valence-electron chi connectivity index (χ3n) is 5.39. The normalized spacial score (nSPS) is 18.7. The van der Waals surface area contributed by atoms with Crippen LogP contribution in [-0.4, -0.2) is 49.9 Å². The number of hydrogen-bond donors (Lipinski definition) is 0. The number of methoxy groups -OCH3 is 1. The van der Waals surface area contributed by atoms with Crippen molar-refractivity contribution in [1.82, 2.24) is 4.90 Å². The molecule has 0 aliphatic carbocycles. The van der Waals surface area contributed by atoms with Crippen LogP contribution in [0.1, 0.15) is 23.6 Å². The summed E-state index contributed by atoms with van der Waals surface area (Å²) in [6.07, 6.45) is -0.421. The van der Waals surface area contributed by atoms with Crippen LogP contribution in [0.4, 0.5) is 0 Å². The number of nitrogens with zero attached hydrogens (tertiary/aromatic N) is 1. The molecule has 0 spiro atoms. The first-order valence-corrected chi connectivity index (χ1v) is 12.3. The van der Waals surface area contributed by atoms with Crippen LogP contribution in [-0.2, 0) is 25.7 Å². The van der Waals surface area contributed by atoms with E-state index in [2.05, 4.69) is 0 Å². The summed E-state index contributed by atoms with van der Waals surface area (Å²) in [5.41, 5.74) is 2.02. The average molecular weight is 494 g/mol. The van der Waals surface area contributed by atoms with E-state index in [-0.39, 0.29) is 44.2 Å². The number of ether oxygens (including phenoxy) is 2. The molecule has 4 rings (SSSR count). The number of β-lactam (4-membered cyclic amide) rings is 1. The van der Waals surface area contributed by atoms with Crippen molar-refractivity contribution in [1.29, 1.82) is 0 Å². The summed E-state index contributed by atoms with van der Waals surface area (Å²) in [6.45, 7) is 0.361. The van der Waals surface area contributed by atoms with Crippen molar-refractivity contribution in [2.24, 2.45) is 0 Å². The Hall–Kier alpha value is -2.92. The third-order valence-corrected chi connectivity index (χ3v) is 7.93. The van der Waals surface area contributed by atoms with Crippen LogP contribution in [0.15, 0.2) is 91.0 Å². The molecule has 1 aliphatic heterocycles. The van der Waals surface area contributed by atoms with E-state index in [4.69, 9.17) is 9.47 Å². The van der Waals surface area contributed by atoms with E-state index in [9.17, 15) is 9.59 Å². The zero-order chi connectivity index (χ0) is 22.3. The fourth-order valence-electron chi connectivity index (χ4n) is 3.79. The molecule has 0 saturated carbocycles. The number of hydrogen-bond acceptors (Lipinski definition) is 4. The molecule has 0 bridgehead atoms. The van der Waals surface area contributed by atoms with Crippen LogP contribution in [0.5, 0.6) is 0 Å². The molecular weight excluding hydrogens is 469 g/mol. The average Bonchev–Trinajstić information content (AvgIpc) is 2.84. The predicted molar refractivity (Wildman–Crippen MR) is 123 cm³/mol. The van der Waals surface area contributed by atoms with Gasteiger partial charge in [0.2, 0.25) is 0 Å². The van der Waals surface area contributed by atoms with E-state index >= 15 is 0 Å². The molecule has 3 aromatic rings. The van der Waals surface area contributed by atoms with Crippen molar-refractivity contribution < 1.29 is 19.1 Å². The van der Waals surface area contributed by atoms with E-state index in [1.807, 2.05) is 95.9 Å². The summed E-state index contributed by atoms with van der Waals surface area (Å²) in [4.78, 5) is 27.1. The first-order valence-electron chi connectivity index (χ1n) is 10.5. The van der Waals surface area contributed by atoms with E-state index in [1.54, 1.807) is 0 Å². The van der Waals surface area contributed by atoms with Gasteiger partial charge in [0.05, 0.1) is 0 Å². The van der Waals surface area contributed by atoms with Crippen molar-refractivity contribution in [3.63, 3.8) is 0 Å². The molecule has 3 unspecified atom stereocenters. The van der Waals surface area contributed by atoms with Crippen molar-refractivity contribution >= 4 is 31.3 Å². The number of carbonyl (C=O) groups is 2. The number of amides is 1. The quantitative estimate of drug-likeness (QED) is 0.261. The number of esters is 1. The number of carbonyl (C=O) groups excluding carboxylic acids is 2. The molecule has 1 saturated heterocycles. The molecule has 6 heteroatoms. The van der Waals surface area contributed by atoms with Crippen LogP contribution >= 0.6 is 0 Å². The van der Waals surface area contributed by atoms with Crippen LogP contribution in [0, 0.1) is 0 Å². The van der Waals surface area contributed by atoms with Crippen molar-refractivity contribution in [3.8, 4) is 0 Å². The van der Waals surface area contributed by atoms with E-state index < -0.39 is 6.10 Å². The minimum atomic E-state index is -0.579. The van der Waals surface area contributed by atoms with Gasteiger partial charge < -0.3 is 0 Å². The molecule has 32 heavy (non-hydrogen) atoms. The summed E-state index contributed by atoms with van der Waals surface area (Å²) < 4.78 is 12.2. The zero-order valence-electron chi connectivity index (χ0n) is 17.8. The summed E-state index contributed by atoms with van der Waals surface area (Å²) in [7, 11) is 1.38. The number of likely N-dealkylation sites (tertiary alicyclic amines) is 1. The molecule has 5 nitrogen and oxygen atoms in total. The van der Waals surface area contributed by atoms with Gasteiger partial charge in [-0.15, -0.1) is 0 Å².